The number of hydrogen-bond acceptors (Lipinski definition) is 3. The van der Waals surface area contributed by atoms with Crippen molar-refractivity contribution in [3.05, 3.63) is 37.4 Å². The number of aliphatic hydroxyl groups excluding tert-OH is 1. The van der Waals surface area contributed by atoms with Crippen molar-refractivity contribution in [3.63, 3.8) is 0 Å². The monoisotopic (exact) mass is 308 g/mol. The van der Waals surface area contributed by atoms with Crippen LogP contribution in [0.2, 0.25) is 0 Å². The Balaban J connectivity index is 1.66. The Labute approximate surface area is 127 Å². The van der Waals surface area contributed by atoms with Crippen molar-refractivity contribution >= 4 is 7.92 Å². The molecule has 6 heteroatoms. The molecule has 0 saturated carbocycles. The third-order valence-corrected chi connectivity index (χ3v) is 6.38. The lowest BCUT2D eigenvalue weighted by Gasteiger charge is -2.17. The SMILES string of the molecule is OCCCP(CCCn1ccnc1)CCCn1ccnc1. The van der Waals surface area contributed by atoms with Crippen LogP contribution in [0.1, 0.15) is 19.3 Å². The summed E-state index contributed by atoms with van der Waals surface area (Å²) in [5.41, 5.74) is 0. The minimum absolute atomic E-state index is 0.0424. The molecule has 2 rings (SSSR count). The van der Waals surface area contributed by atoms with Crippen LogP contribution in [0.4, 0.5) is 0 Å². The zero-order valence-corrected chi connectivity index (χ0v) is 13.4. The number of aryl methyl sites for hydroxylation is 2. The number of rotatable bonds is 11. The molecule has 21 heavy (non-hydrogen) atoms. The summed E-state index contributed by atoms with van der Waals surface area (Å²) in [6.45, 7) is 2.43. The van der Waals surface area contributed by atoms with Crippen LogP contribution < -0.4 is 0 Å². The summed E-state index contributed by atoms with van der Waals surface area (Å²) in [6, 6.07) is 0. The molecular weight excluding hydrogens is 283 g/mol. The minimum atomic E-state index is 0.0424. The highest BCUT2D eigenvalue weighted by Gasteiger charge is 2.07. The smallest absolute Gasteiger partial charge is 0.0945 e. The molecular formula is C15H25N4OP. The standard InChI is InChI=1S/C15H25N4OP/c20-10-3-13-21(11-1-6-18-8-4-16-14-18)12-2-7-19-9-5-17-15-19/h4-5,8-9,14-15,20H,1-3,6-7,10-13H2. The van der Waals surface area contributed by atoms with Gasteiger partial charge in [-0.15, -0.1) is 7.92 Å². The van der Waals surface area contributed by atoms with E-state index in [0.29, 0.717) is 6.61 Å². The molecule has 1 N–H and O–H groups in total. The van der Waals surface area contributed by atoms with Crippen molar-refractivity contribution in [1.82, 2.24) is 19.1 Å². The van der Waals surface area contributed by atoms with Crippen molar-refractivity contribution in [2.24, 2.45) is 0 Å². The lowest BCUT2D eigenvalue weighted by molar-refractivity contribution is 0.296. The van der Waals surface area contributed by atoms with Crippen molar-refractivity contribution in [2.45, 2.75) is 32.4 Å². The molecule has 2 aromatic rings. The molecule has 5 nitrogen and oxygen atoms in total. The summed E-state index contributed by atoms with van der Waals surface area (Å²) >= 11 is 0. The Hall–Kier alpha value is -1.19. The van der Waals surface area contributed by atoms with Gasteiger partial charge in [-0.1, -0.05) is 0 Å². The van der Waals surface area contributed by atoms with Crippen LogP contribution >= 0.6 is 7.92 Å². The van der Waals surface area contributed by atoms with Crippen LogP contribution in [0, 0.1) is 0 Å². The molecule has 0 unspecified atom stereocenters. The average molecular weight is 308 g/mol. The van der Waals surface area contributed by atoms with Gasteiger partial charge in [0.05, 0.1) is 12.7 Å². The first kappa shape index (κ1) is 16.2. The van der Waals surface area contributed by atoms with Gasteiger partial charge in [0.1, 0.15) is 0 Å². The average Bonchev–Trinajstić information content (AvgIpc) is 3.17. The highest BCUT2D eigenvalue weighted by atomic mass is 31.1. The Morgan fingerprint density at radius 3 is 1.76 bits per heavy atom. The maximum atomic E-state index is 9.05. The number of hydrogen-bond donors (Lipinski definition) is 1. The van der Waals surface area contributed by atoms with Gasteiger partial charge in [0, 0.05) is 44.5 Å². The second-order valence-corrected chi connectivity index (χ2v) is 7.91. The molecule has 0 aliphatic carbocycles. The van der Waals surface area contributed by atoms with Crippen molar-refractivity contribution < 1.29 is 5.11 Å². The molecule has 0 aliphatic heterocycles. The summed E-state index contributed by atoms with van der Waals surface area (Å²) < 4.78 is 4.29. The van der Waals surface area contributed by atoms with Gasteiger partial charge < -0.3 is 14.2 Å². The second-order valence-electron chi connectivity index (χ2n) is 5.23. The van der Waals surface area contributed by atoms with E-state index in [1.807, 2.05) is 37.4 Å². The third-order valence-electron chi connectivity index (χ3n) is 3.53. The van der Waals surface area contributed by atoms with Gasteiger partial charge in [0.15, 0.2) is 0 Å². The largest absolute Gasteiger partial charge is 0.396 e. The summed E-state index contributed by atoms with van der Waals surface area (Å²) in [5, 5.41) is 9.05. The number of aliphatic hydroxyl groups is 1. The van der Waals surface area contributed by atoms with E-state index in [0.717, 1.165) is 19.5 Å². The first-order valence-electron chi connectivity index (χ1n) is 7.63. The normalized spacial score (nSPS) is 11.3. The molecule has 0 amide bonds. The lowest BCUT2D eigenvalue weighted by atomic mass is 10.5. The first-order valence-corrected chi connectivity index (χ1v) is 9.53. The molecule has 0 fully saturated rings. The molecule has 0 aromatic carbocycles. The van der Waals surface area contributed by atoms with Crippen LogP contribution in [0.5, 0.6) is 0 Å². The quantitative estimate of drug-likeness (QED) is 0.649. The molecule has 2 aromatic heterocycles. The van der Waals surface area contributed by atoms with E-state index in [4.69, 9.17) is 5.11 Å². The van der Waals surface area contributed by atoms with E-state index in [1.54, 1.807) is 0 Å². The van der Waals surface area contributed by atoms with Crippen molar-refractivity contribution in [2.75, 3.05) is 25.1 Å². The molecule has 0 radical (unpaired) electrons. The van der Waals surface area contributed by atoms with Crippen LogP contribution in [-0.2, 0) is 13.1 Å². The Kier molecular flexibility index (Phi) is 7.47. The van der Waals surface area contributed by atoms with Gasteiger partial charge in [-0.3, -0.25) is 0 Å². The predicted molar refractivity (Wildman–Crippen MR) is 86.9 cm³/mol. The van der Waals surface area contributed by atoms with Crippen LogP contribution in [-0.4, -0.2) is 49.3 Å². The van der Waals surface area contributed by atoms with E-state index >= 15 is 0 Å². The molecule has 0 aliphatic rings. The van der Waals surface area contributed by atoms with Crippen LogP contribution in [0.15, 0.2) is 37.4 Å². The van der Waals surface area contributed by atoms with Gasteiger partial charge in [0.25, 0.3) is 0 Å². The van der Waals surface area contributed by atoms with Crippen LogP contribution in [0.25, 0.3) is 0 Å². The number of imidazole rings is 2. The Morgan fingerprint density at radius 1 is 0.810 bits per heavy atom. The third kappa shape index (κ3) is 6.40. The highest BCUT2D eigenvalue weighted by molar-refractivity contribution is 7.57. The Bertz CT molecular complexity index is 418. The molecule has 0 saturated heterocycles. The van der Waals surface area contributed by atoms with E-state index in [-0.39, 0.29) is 7.92 Å². The molecule has 0 spiro atoms. The molecule has 0 atom stereocenters. The summed E-state index contributed by atoms with van der Waals surface area (Å²) in [5.74, 6) is 0. The van der Waals surface area contributed by atoms with E-state index in [1.165, 1.54) is 31.3 Å². The molecule has 116 valence electrons. The zero-order chi connectivity index (χ0) is 14.8. The highest BCUT2D eigenvalue weighted by Crippen LogP contribution is 2.37. The van der Waals surface area contributed by atoms with Gasteiger partial charge in [-0.25, -0.2) is 9.97 Å². The first-order chi connectivity index (χ1) is 10.4. The van der Waals surface area contributed by atoms with E-state index < -0.39 is 0 Å². The van der Waals surface area contributed by atoms with Crippen molar-refractivity contribution in [1.29, 1.82) is 0 Å². The minimum Gasteiger partial charge on any atom is -0.396 e. The Morgan fingerprint density at radius 2 is 1.33 bits per heavy atom. The van der Waals surface area contributed by atoms with Gasteiger partial charge in [0.2, 0.25) is 0 Å². The maximum Gasteiger partial charge on any atom is 0.0945 e. The molecule has 2 heterocycles. The fourth-order valence-electron chi connectivity index (χ4n) is 2.42. The summed E-state index contributed by atoms with van der Waals surface area (Å²) in [6.07, 6.45) is 18.6. The molecule has 0 bridgehead atoms. The van der Waals surface area contributed by atoms with Crippen LogP contribution in [0.3, 0.4) is 0 Å². The number of aromatic nitrogens is 4. The summed E-state index contributed by atoms with van der Waals surface area (Å²) in [4.78, 5) is 8.15. The van der Waals surface area contributed by atoms with Gasteiger partial charge in [-0.2, -0.15) is 0 Å². The number of nitrogens with zero attached hydrogens (tertiary/aromatic N) is 4. The van der Waals surface area contributed by atoms with E-state index in [9.17, 15) is 0 Å². The zero-order valence-electron chi connectivity index (χ0n) is 12.5. The van der Waals surface area contributed by atoms with Crippen molar-refractivity contribution in [3.8, 4) is 0 Å². The second kappa shape index (κ2) is 9.69. The fraction of sp³-hybridized carbons (Fsp3) is 0.600. The van der Waals surface area contributed by atoms with E-state index in [2.05, 4.69) is 19.1 Å². The van der Waals surface area contributed by atoms with Gasteiger partial charge in [-0.05, 0) is 37.7 Å². The fourth-order valence-corrected chi connectivity index (χ4v) is 4.86. The topological polar surface area (TPSA) is 55.9 Å². The lowest BCUT2D eigenvalue weighted by Crippen LogP contribution is -2.04. The predicted octanol–water partition coefficient (Wildman–Crippen LogP) is 2.42. The van der Waals surface area contributed by atoms with Gasteiger partial charge >= 0.3 is 0 Å². The maximum absolute atomic E-state index is 9.05. The summed E-state index contributed by atoms with van der Waals surface area (Å²) in [7, 11) is 0.0424.